The number of anilines is 3. The zero-order valence-corrected chi connectivity index (χ0v) is 16.4. The summed E-state index contributed by atoms with van der Waals surface area (Å²) < 4.78 is 38.7. The lowest BCUT2D eigenvalue weighted by Crippen LogP contribution is -2.27. The molecule has 5 N–H and O–H groups in total. The van der Waals surface area contributed by atoms with Gasteiger partial charge >= 0.3 is 6.18 Å². The van der Waals surface area contributed by atoms with Gasteiger partial charge in [-0.15, -0.1) is 0 Å². The number of alkyl halides is 3. The molecule has 0 aromatic carbocycles. The lowest BCUT2D eigenvalue weighted by molar-refractivity contribution is -0.137. The normalized spacial score (nSPS) is 12.0. The van der Waals surface area contributed by atoms with Crippen LogP contribution in [0.2, 0.25) is 5.02 Å². The third-order valence-electron chi connectivity index (χ3n) is 3.87. The first-order valence-corrected chi connectivity index (χ1v) is 8.92. The van der Waals surface area contributed by atoms with E-state index in [4.69, 9.17) is 23.2 Å². The van der Waals surface area contributed by atoms with Crippen LogP contribution in [0.15, 0.2) is 55.0 Å². The Morgan fingerprint density at radius 1 is 1.13 bits per heavy atom. The molecule has 11 heteroatoms. The molecule has 3 rings (SSSR count). The molecule has 0 radical (unpaired) electrons. The molecular weight excluding hydrogens is 419 g/mol. The Morgan fingerprint density at radius 2 is 1.90 bits per heavy atom. The van der Waals surface area contributed by atoms with Gasteiger partial charge in [0.25, 0.3) is 0 Å². The van der Waals surface area contributed by atoms with Gasteiger partial charge in [-0.25, -0.2) is 20.8 Å². The number of nitrogens with zero attached hydrogens (tertiary/aromatic N) is 4. The summed E-state index contributed by atoms with van der Waals surface area (Å²) in [6, 6.07) is 8.42. The van der Waals surface area contributed by atoms with Crippen molar-refractivity contribution in [3.8, 4) is 0 Å². The van der Waals surface area contributed by atoms with E-state index in [0.29, 0.717) is 16.5 Å². The lowest BCUT2D eigenvalue weighted by Gasteiger charge is -2.15. The Bertz CT molecular complexity index is 1090. The Hall–Kier alpha value is -3.37. The molecule has 0 unspecified atom stereocenters. The van der Waals surface area contributed by atoms with E-state index in [-0.39, 0.29) is 17.3 Å². The second-order valence-corrected chi connectivity index (χ2v) is 6.68. The molecule has 156 valence electrons. The zero-order chi connectivity index (χ0) is 21.9. The van der Waals surface area contributed by atoms with Gasteiger partial charge < -0.3 is 11.1 Å². The van der Waals surface area contributed by atoms with E-state index >= 15 is 0 Å². The van der Waals surface area contributed by atoms with Crippen LogP contribution in [-0.2, 0) is 6.18 Å². The maximum absolute atomic E-state index is 12.9. The van der Waals surface area contributed by atoms with E-state index in [0.717, 1.165) is 28.9 Å². The van der Waals surface area contributed by atoms with E-state index in [2.05, 4.69) is 20.3 Å². The summed E-state index contributed by atoms with van der Waals surface area (Å²) in [6.07, 6.45) is -0.490. The fourth-order valence-corrected chi connectivity index (χ4v) is 2.75. The fourth-order valence-electron chi connectivity index (χ4n) is 2.53. The van der Waals surface area contributed by atoms with E-state index in [9.17, 15) is 13.2 Å². The minimum absolute atomic E-state index is 0.00264. The Morgan fingerprint density at radius 3 is 2.60 bits per heavy atom. The van der Waals surface area contributed by atoms with Crippen LogP contribution in [0, 0.1) is 6.92 Å². The molecule has 0 aliphatic heterocycles. The van der Waals surface area contributed by atoms with Gasteiger partial charge in [0.05, 0.1) is 22.0 Å². The second kappa shape index (κ2) is 8.56. The number of nitrogens with one attached hydrogen (secondary N) is 1. The molecular formula is C19H17ClF3N7. The molecule has 7 nitrogen and oxygen atoms in total. The standard InChI is InChI=1S/C19H17ClF3N7/c1-11-7-15(14(24)10-30(25)18-13(20)3-2-5-27-18)28-17(8-11)29-16-9-12(4-6-26-16)19(21,22)23/h2-10H,24-25H2,1H3,(H,26,28,29)/b14-10-. The minimum atomic E-state index is -4.48. The van der Waals surface area contributed by atoms with Gasteiger partial charge in [-0.05, 0) is 48.9 Å². The molecule has 0 bridgehead atoms. The topological polar surface area (TPSA) is 106 Å². The first-order valence-electron chi connectivity index (χ1n) is 8.54. The molecule has 0 spiro atoms. The van der Waals surface area contributed by atoms with Crippen molar-refractivity contribution in [1.29, 1.82) is 0 Å². The van der Waals surface area contributed by atoms with Crippen molar-refractivity contribution in [2.75, 3.05) is 10.3 Å². The monoisotopic (exact) mass is 435 g/mol. The number of pyridine rings is 3. The summed E-state index contributed by atoms with van der Waals surface area (Å²) in [7, 11) is 0. The fraction of sp³-hybridized carbons (Fsp3) is 0.105. The third-order valence-corrected chi connectivity index (χ3v) is 4.17. The molecule has 30 heavy (non-hydrogen) atoms. The van der Waals surface area contributed by atoms with E-state index in [1.807, 2.05) is 0 Å². The molecule has 0 fully saturated rings. The highest BCUT2D eigenvalue weighted by Gasteiger charge is 2.30. The summed E-state index contributed by atoms with van der Waals surface area (Å²) in [4.78, 5) is 12.3. The highest BCUT2D eigenvalue weighted by atomic mass is 35.5. The number of nitrogens with two attached hydrogens (primary N) is 2. The molecule has 0 aliphatic rings. The van der Waals surface area contributed by atoms with Crippen LogP contribution in [-0.4, -0.2) is 15.0 Å². The molecule has 3 aromatic heterocycles. The van der Waals surface area contributed by atoms with Crippen molar-refractivity contribution in [3.63, 3.8) is 0 Å². The average Bonchev–Trinajstić information content (AvgIpc) is 2.67. The minimum Gasteiger partial charge on any atom is -0.396 e. The molecule has 0 atom stereocenters. The number of aromatic nitrogens is 3. The van der Waals surface area contributed by atoms with Gasteiger partial charge in [-0.1, -0.05) is 11.6 Å². The Kier molecular flexibility index (Phi) is 6.09. The van der Waals surface area contributed by atoms with Crippen LogP contribution in [0.5, 0.6) is 0 Å². The van der Waals surface area contributed by atoms with E-state index < -0.39 is 11.7 Å². The van der Waals surface area contributed by atoms with Gasteiger partial charge in [0, 0.05) is 18.6 Å². The summed E-state index contributed by atoms with van der Waals surface area (Å²) >= 11 is 6.07. The summed E-state index contributed by atoms with van der Waals surface area (Å²) in [5, 5.41) is 4.25. The van der Waals surface area contributed by atoms with Crippen molar-refractivity contribution in [1.82, 2.24) is 15.0 Å². The number of rotatable bonds is 5. The van der Waals surface area contributed by atoms with E-state index in [1.165, 1.54) is 12.4 Å². The smallest absolute Gasteiger partial charge is 0.396 e. The largest absolute Gasteiger partial charge is 0.416 e. The van der Waals surface area contributed by atoms with Crippen molar-refractivity contribution in [3.05, 3.63) is 76.8 Å². The van der Waals surface area contributed by atoms with Crippen LogP contribution >= 0.6 is 11.6 Å². The molecule has 0 aliphatic carbocycles. The molecule has 3 heterocycles. The number of hydrogen-bond acceptors (Lipinski definition) is 7. The molecule has 0 saturated heterocycles. The lowest BCUT2D eigenvalue weighted by atomic mass is 10.2. The number of hydrazine groups is 1. The Balaban J connectivity index is 1.87. The van der Waals surface area contributed by atoms with Gasteiger partial charge in [-0.3, -0.25) is 5.01 Å². The SMILES string of the molecule is Cc1cc(Nc2cc(C(F)(F)F)ccn2)nc(/C(N)=C/N(N)c2ncccc2Cl)c1. The van der Waals surface area contributed by atoms with Gasteiger partial charge in [0.15, 0.2) is 5.82 Å². The van der Waals surface area contributed by atoms with Gasteiger partial charge in [0.1, 0.15) is 11.6 Å². The maximum Gasteiger partial charge on any atom is 0.416 e. The van der Waals surface area contributed by atoms with Gasteiger partial charge in [0.2, 0.25) is 0 Å². The van der Waals surface area contributed by atoms with Crippen LogP contribution in [0.3, 0.4) is 0 Å². The predicted molar refractivity (Wildman–Crippen MR) is 110 cm³/mol. The second-order valence-electron chi connectivity index (χ2n) is 6.27. The highest BCUT2D eigenvalue weighted by molar-refractivity contribution is 6.32. The first kappa shape index (κ1) is 21.3. The van der Waals surface area contributed by atoms with Crippen LogP contribution in [0.4, 0.5) is 30.6 Å². The first-order chi connectivity index (χ1) is 14.1. The zero-order valence-electron chi connectivity index (χ0n) is 15.7. The summed E-state index contributed by atoms with van der Waals surface area (Å²) in [5.41, 5.74) is 6.61. The highest BCUT2D eigenvalue weighted by Crippen LogP contribution is 2.30. The van der Waals surface area contributed by atoms with Crippen molar-refractivity contribution in [2.45, 2.75) is 13.1 Å². The molecule has 3 aromatic rings. The summed E-state index contributed by atoms with van der Waals surface area (Å²) in [5.74, 6) is 6.52. The van der Waals surface area contributed by atoms with Gasteiger partial charge in [-0.2, -0.15) is 13.2 Å². The van der Waals surface area contributed by atoms with Crippen LogP contribution in [0.25, 0.3) is 5.70 Å². The maximum atomic E-state index is 12.9. The van der Waals surface area contributed by atoms with Crippen molar-refractivity contribution in [2.24, 2.45) is 11.6 Å². The third kappa shape index (κ3) is 5.16. The molecule has 0 amide bonds. The molecule has 0 saturated carbocycles. The van der Waals surface area contributed by atoms with Crippen LogP contribution < -0.4 is 21.9 Å². The predicted octanol–water partition coefficient (Wildman–Crippen LogP) is 4.23. The summed E-state index contributed by atoms with van der Waals surface area (Å²) in [6.45, 7) is 1.79. The average molecular weight is 436 g/mol. The van der Waals surface area contributed by atoms with Crippen molar-refractivity contribution >= 4 is 34.8 Å². The number of hydrogen-bond donors (Lipinski definition) is 3. The van der Waals surface area contributed by atoms with E-state index in [1.54, 1.807) is 31.2 Å². The van der Waals surface area contributed by atoms with Crippen LogP contribution in [0.1, 0.15) is 16.8 Å². The Labute approximate surface area is 175 Å². The number of halogens is 4. The quantitative estimate of drug-likeness (QED) is 0.406. The number of aryl methyl sites for hydroxylation is 1. The van der Waals surface area contributed by atoms with Crippen molar-refractivity contribution < 1.29 is 13.2 Å².